The largest absolute Gasteiger partial charge is 0.489 e. The van der Waals surface area contributed by atoms with E-state index in [-0.39, 0.29) is 30.1 Å². The van der Waals surface area contributed by atoms with Crippen LogP contribution in [0.1, 0.15) is 38.7 Å². The van der Waals surface area contributed by atoms with Gasteiger partial charge in [0.05, 0.1) is 6.54 Å². The van der Waals surface area contributed by atoms with E-state index >= 15 is 0 Å². The smallest absolute Gasteiger partial charge is 0.191 e. The number of rotatable bonds is 10. The van der Waals surface area contributed by atoms with Crippen molar-refractivity contribution in [2.24, 2.45) is 4.99 Å². The molecule has 0 spiro atoms. The Bertz CT molecular complexity index is 575. The topological polar surface area (TPSA) is 58.1 Å². The summed E-state index contributed by atoms with van der Waals surface area (Å²) in [5.41, 5.74) is 1.24. The minimum Gasteiger partial charge on any atom is -0.489 e. The predicted octanol–water partition coefficient (Wildman–Crippen LogP) is 3.44. The SMILES string of the molecule is CCNC(=NCC(C)Oc1ccc(C)cc1)NC1CCN(CCCOC)CC1.I. The molecule has 29 heavy (non-hydrogen) atoms. The molecule has 1 heterocycles. The lowest BCUT2D eigenvalue weighted by molar-refractivity contribution is 0.155. The molecule has 1 aromatic rings. The molecule has 1 aromatic carbocycles. The van der Waals surface area contributed by atoms with Crippen LogP contribution in [0.4, 0.5) is 0 Å². The van der Waals surface area contributed by atoms with Crippen LogP contribution in [0.15, 0.2) is 29.3 Å². The third-order valence-electron chi connectivity index (χ3n) is 4.96. The van der Waals surface area contributed by atoms with E-state index < -0.39 is 0 Å². The Hall–Kier alpha value is -1.06. The van der Waals surface area contributed by atoms with E-state index in [0.29, 0.717) is 12.6 Å². The molecule has 0 aromatic heterocycles. The van der Waals surface area contributed by atoms with Crippen LogP contribution >= 0.6 is 24.0 Å². The number of hydrogen-bond donors (Lipinski definition) is 2. The van der Waals surface area contributed by atoms with Gasteiger partial charge >= 0.3 is 0 Å². The van der Waals surface area contributed by atoms with Crippen molar-refractivity contribution in [2.75, 3.05) is 46.4 Å². The number of benzene rings is 1. The molecule has 1 aliphatic rings. The number of aryl methyl sites for hydroxylation is 1. The number of nitrogens with one attached hydrogen (secondary N) is 2. The molecule has 2 rings (SSSR count). The molecule has 1 fully saturated rings. The van der Waals surface area contributed by atoms with Crippen LogP contribution in [-0.2, 0) is 4.74 Å². The summed E-state index contributed by atoms with van der Waals surface area (Å²) in [7, 11) is 1.77. The predicted molar refractivity (Wildman–Crippen MR) is 132 cm³/mol. The van der Waals surface area contributed by atoms with Gasteiger partial charge in [0, 0.05) is 45.9 Å². The van der Waals surface area contributed by atoms with Crippen LogP contribution in [0, 0.1) is 6.92 Å². The van der Waals surface area contributed by atoms with Gasteiger partial charge in [0.15, 0.2) is 5.96 Å². The van der Waals surface area contributed by atoms with E-state index in [4.69, 9.17) is 14.5 Å². The van der Waals surface area contributed by atoms with Gasteiger partial charge in [-0.05, 0) is 52.2 Å². The lowest BCUT2D eigenvalue weighted by Crippen LogP contribution is -2.49. The molecule has 6 nitrogen and oxygen atoms in total. The summed E-state index contributed by atoms with van der Waals surface area (Å²) in [5.74, 6) is 1.78. The van der Waals surface area contributed by atoms with Crippen molar-refractivity contribution in [3.63, 3.8) is 0 Å². The number of aliphatic imine (C=N–C) groups is 1. The Balaban J connectivity index is 0.00000420. The Labute approximate surface area is 193 Å². The van der Waals surface area contributed by atoms with Gasteiger partial charge in [-0.2, -0.15) is 0 Å². The molecule has 1 atom stereocenters. The van der Waals surface area contributed by atoms with E-state index in [2.05, 4.69) is 48.4 Å². The highest BCUT2D eigenvalue weighted by Crippen LogP contribution is 2.14. The standard InChI is InChI=1S/C22H38N4O2.HI/c1-5-23-22(24-17-19(3)28-21-9-7-18(2)8-10-21)25-20-11-14-26(15-12-20)13-6-16-27-4;/h7-10,19-20H,5-6,11-17H2,1-4H3,(H2,23,24,25);1H. The zero-order valence-electron chi connectivity index (χ0n) is 18.4. The number of ether oxygens (including phenoxy) is 2. The maximum Gasteiger partial charge on any atom is 0.191 e. The minimum absolute atomic E-state index is 0. The van der Waals surface area contributed by atoms with E-state index in [1.165, 1.54) is 5.56 Å². The molecule has 0 saturated carbocycles. The number of nitrogens with zero attached hydrogens (tertiary/aromatic N) is 2. The fraction of sp³-hybridized carbons (Fsp3) is 0.682. The fourth-order valence-electron chi connectivity index (χ4n) is 3.35. The number of methoxy groups -OCH3 is 1. The third-order valence-corrected chi connectivity index (χ3v) is 4.96. The molecule has 0 radical (unpaired) electrons. The first-order chi connectivity index (χ1) is 13.6. The van der Waals surface area contributed by atoms with Crippen molar-refractivity contribution in [2.45, 2.75) is 52.2 Å². The maximum absolute atomic E-state index is 5.97. The van der Waals surface area contributed by atoms with E-state index in [9.17, 15) is 0 Å². The van der Waals surface area contributed by atoms with Gasteiger partial charge in [-0.15, -0.1) is 24.0 Å². The molecule has 0 bridgehead atoms. The molecular weight excluding hydrogens is 479 g/mol. The molecule has 0 aliphatic carbocycles. The first-order valence-corrected chi connectivity index (χ1v) is 10.6. The van der Waals surface area contributed by atoms with Crippen LogP contribution < -0.4 is 15.4 Å². The summed E-state index contributed by atoms with van der Waals surface area (Å²) in [5, 5.41) is 6.97. The Morgan fingerprint density at radius 2 is 1.93 bits per heavy atom. The first-order valence-electron chi connectivity index (χ1n) is 10.6. The van der Waals surface area contributed by atoms with Crippen molar-refractivity contribution in [3.8, 4) is 5.75 Å². The van der Waals surface area contributed by atoms with Crippen molar-refractivity contribution in [3.05, 3.63) is 29.8 Å². The van der Waals surface area contributed by atoms with Crippen LogP contribution in [0.5, 0.6) is 5.75 Å². The fourth-order valence-corrected chi connectivity index (χ4v) is 3.35. The maximum atomic E-state index is 5.97. The number of likely N-dealkylation sites (tertiary alicyclic amines) is 1. The van der Waals surface area contributed by atoms with Gasteiger partial charge < -0.3 is 25.0 Å². The second kappa shape index (κ2) is 14.8. The molecule has 1 saturated heterocycles. The average molecular weight is 518 g/mol. The quantitative estimate of drug-likeness (QED) is 0.215. The van der Waals surface area contributed by atoms with E-state index in [1.54, 1.807) is 7.11 Å². The first kappa shape index (κ1) is 26.0. The summed E-state index contributed by atoms with van der Waals surface area (Å²) in [6.45, 7) is 12.0. The lowest BCUT2D eigenvalue weighted by Gasteiger charge is -2.33. The monoisotopic (exact) mass is 518 g/mol. The number of hydrogen-bond acceptors (Lipinski definition) is 4. The van der Waals surface area contributed by atoms with E-state index in [0.717, 1.165) is 63.8 Å². The molecule has 0 amide bonds. The summed E-state index contributed by atoms with van der Waals surface area (Å²) in [6, 6.07) is 8.64. The summed E-state index contributed by atoms with van der Waals surface area (Å²) < 4.78 is 11.1. The molecule has 2 N–H and O–H groups in total. The molecule has 1 unspecified atom stereocenters. The summed E-state index contributed by atoms with van der Waals surface area (Å²) in [6.07, 6.45) is 3.43. The number of guanidine groups is 1. The van der Waals surface area contributed by atoms with Gasteiger partial charge in [-0.1, -0.05) is 17.7 Å². The molecule has 7 heteroatoms. The number of halogens is 1. The Kier molecular flexibility index (Phi) is 13.3. The number of piperidine rings is 1. The van der Waals surface area contributed by atoms with Crippen molar-refractivity contribution in [1.29, 1.82) is 0 Å². The third kappa shape index (κ3) is 10.5. The minimum atomic E-state index is 0. The molecular formula is C22H39IN4O2. The van der Waals surface area contributed by atoms with Crippen molar-refractivity contribution in [1.82, 2.24) is 15.5 Å². The second-order valence-corrected chi connectivity index (χ2v) is 7.57. The van der Waals surface area contributed by atoms with Gasteiger partial charge in [-0.3, -0.25) is 0 Å². The average Bonchev–Trinajstić information content (AvgIpc) is 2.69. The Morgan fingerprint density at radius 3 is 2.55 bits per heavy atom. The van der Waals surface area contributed by atoms with Gasteiger partial charge in [0.1, 0.15) is 11.9 Å². The van der Waals surface area contributed by atoms with Gasteiger partial charge in [-0.25, -0.2) is 4.99 Å². The van der Waals surface area contributed by atoms with Crippen LogP contribution in [0.25, 0.3) is 0 Å². The summed E-state index contributed by atoms with van der Waals surface area (Å²) >= 11 is 0. The van der Waals surface area contributed by atoms with Crippen LogP contribution in [0.3, 0.4) is 0 Å². The zero-order valence-corrected chi connectivity index (χ0v) is 20.8. The van der Waals surface area contributed by atoms with E-state index in [1.807, 2.05) is 12.1 Å². The van der Waals surface area contributed by atoms with Gasteiger partial charge in [0.25, 0.3) is 0 Å². The summed E-state index contributed by atoms with van der Waals surface area (Å²) in [4.78, 5) is 7.27. The second-order valence-electron chi connectivity index (χ2n) is 7.57. The molecule has 166 valence electrons. The van der Waals surface area contributed by atoms with Crippen LogP contribution in [0.2, 0.25) is 0 Å². The Morgan fingerprint density at radius 1 is 1.24 bits per heavy atom. The van der Waals surface area contributed by atoms with Crippen molar-refractivity contribution < 1.29 is 9.47 Å². The van der Waals surface area contributed by atoms with Gasteiger partial charge in [0.2, 0.25) is 0 Å². The highest BCUT2D eigenvalue weighted by atomic mass is 127. The normalized spacial score (nSPS) is 16.8. The highest BCUT2D eigenvalue weighted by molar-refractivity contribution is 14.0. The zero-order chi connectivity index (χ0) is 20.2. The highest BCUT2D eigenvalue weighted by Gasteiger charge is 2.19. The van der Waals surface area contributed by atoms with Crippen LogP contribution in [-0.4, -0.2) is 69.4 Å². The van der Waals surface area contributed by atoms with Crippen molar-refractivity contribution >= 4 is 29.9 Å². The molecule has 1 aliphatic heterocycles. The lowest BCUT2D eigenvalue weighted by atomic mass is 10.1.